The minimum atomic E-state index is -1.91. The number of amides is 10. The van der Waals surface area contributed by atoms with E-state index in [1.807, 2.05) is 38.1 Å². The summed E-state index contributed by atoms with van der Waals surface area (Å²) in [5.74, 6) is -11.9. The Morgan fingerprint density at radius 2 is 0.838 bits per heavy atom. The quantitative estimate of drug-likeness (QED) is 0.0325. The molecule has 0 aliphatic carbocycles. The third kappa shape index (κ3) is 26.1. The van der Waals surface area contributed by atoms with Gasteiger partial charge in [0.2, 0.25) is 59.1 Å². The lowest BCUT2D eigenvalue weighted by Crippen LogP contribution is -2.63. The van der Waals surface area contributed by atoms with Gasteiger partial charge in [-0.05, 0) is 79.1 Å². The summed E-state index contributed by atoms with van der Waals surface area (Å²) in [5.41, 5.74) is 16.5. The van der Waals surface area contributed by atoms with Gasteiger partial charge in [0.15, 0.2) is 0 Å². The highest BCUT2D eigenvalue weighted by atomic mass is 33.1. The van der Waals surface area contributed by atoms with Crippen LogP contribution < -0.4 is 70.0 Å². The third-order valence-electron chi connectivity index (χ3n) is 17.3. The Morgan fingerprint density at radius 1 is 0.457 bits per heavy atom. The highest BCUT2D eigenvalue weighted by Crippen LogP contribution is 2.24. The maximum absolute atomic E-state index is 15.5. The van der Waals surface area contributed by atoms with Gasteiger partial charge in [0.05, 0.1) is 24.9 Å². The van der Waals surface area contributed by atoms with E-state index in [2.05, 4.69) is 63.5 Å². The number of carbonyl (C=O) groups is 11. The summed E-state index contributed by atoms with van der Waals surface area (Å²) in [6.07, 6.45) is -2.02. The summed E-state index contributed by atoms with van der Waals surface area (Å²) in [6, 6.07) is 22.4. The first-order valence-electron chi connectivity index (χ1n) is 34.7. The van der Waals surface area contributed by atoms with Crippen molar-refractivity contribution in [2.75, 3.05) is 24.7 Å². The molecule has 20 N–H and O–H groups in total. The van der Waals surface area contributed by atoms with Crippen LogP contribution in [-0.2, 0) is 91.4 Å². The molecule has 105 heavy (non-hydrogen) atoms. The number of aromatic amines is 1. The standard InChI is InChI=1S/C74H96N14O15S2/c1-42(2)77-37-49-29-27-48(28-30-49)35-57-69(97)87-62(43(3)90)72(100)84-58(34-47-22-12-7-13-23-47)70(98)88-63(44(4)91)73(101)85-60(39-89)71(99)86-61(74(102)103)41-105-104-40-52(76)64(92)79-54(26-16-17-31-75)65(93)80-55(32-45-18-8-5-9-19-45)66(94)81-56(33-46-20-10-6-11-21-46)67(95)83-59(68(96)82-57)36-50-38-78-53-25-15-14-24-51(50)53/h5-15,18-25,27-30,38,42-44,52,54-63,77-78,89-91H,16-17,26,31-37,39-41,75-76H2,1-4H3,(H,79,92)(H,80,93)(H,81,94)(H,82,96)(H,83,95)(H,84,100)(H,85,101)(H,86,99)(H,87,97)(H,88,98)(H,102,103)/t43-,44-,52+,54+,55?,56+,57?,58+,59?,60-,61+,62?,63?/m1/s1. The SMILES string of the molecule is CC(C)NCc1ccc(CC2NC(=O)C(Cc3c[nH]c4ccccc34)NC(=O)[C@H](Cc3ccccc3)NC(=O)C(Cc3ccccc3)NC(=O)[C@H](CCCCN)NC(=O)[C@@H](N)CSSC[C@@H](C(=O)O)NC(=O)[C@@H](CO)NC(=O)C([C@@H](C)O)NC(=O)[C@H](Cc3ccccc3)NC(=O)C([C@@H](C)O)NC2=O)cc1. The second kappa shape index (κ2) is 41.7. The maximum atomic E-state index is 15.5. The average molecular weight is 1490 g/mol. The van der Waals surface area contributed by atoms with Crippen molar-refractivity contribution >= 4 is 97.5 Å². The molecule has 0 saturated carbocycles. The average Bonchev–Trinajstić information content (AvgIpc) is 1.78. The number of hydrogen-bond donors (Lipinski definition) is 18. The van der Waals surface area contributed by atoms with Crippen LogP contribution in [0, 0.1) is 0 Å². The zero-order valence-corrected chi connectivity index (χ0v) is 60.5. The van der Waals surface area contributed by atoms with Gasteiger partial charge in [-0.1, -0.05) is 169 Å². The predicted molar refractivity (Wildman–Crippen MR) is 398 cm³/mol. The van der Waals surface area contributed by atoms with E-state index in [1.54, 1.807) is 121 Å². The van der Waals surface area contributed by atoms with Crippen LogP contribution in [0.1, 0.15) is 80.3 Å². The van der Waals surface area contributed by atoms with Crippen molar-refractivity contribution in [2.24, 2.45) is 11.5 Å². The molecule has 1 saturated heterocycles. The maximum Gasteiger partial charge on any atom is 0.327 e. The van der Waals surface area contributed by atoms with Crippen molar-refractivity contribution in [1.29, 1.82) is 0 Å². The Hall–Kier alpha value is -9.73. The minimum Gasteiger partial charge on any atom is -0.480 e. The van der Waals surface area contributed by atoms with Crippen LogP contribution in [0.4, 0.5) is 0 Å². The fourth-order valence-electron chi connectivity index (χ4n) is 11.4. The number of para-hydroxylation sites is 1. The number of aliphatic carboxylic acids is 1. The Kier molecular flexibility index (Phi) is 32.8. The van der Waals surface area contributed by atoms with Crippen molar-refractivity contribution in [3.8, 4) is 0 Å². The van der Waals surface area contributed by atoms with Gasteiger partial charge in [0.25, 0.3) is 0 Å². The van der Waals surface area contributed by atoms with Crippen molar-refractivity contribution < 1.29 is 73.2 Å². The molecule has 564 valence electrons. The molecule has 0 spiro atoms. The van der Waals surface area contributed by atoms with Crippen LogP contribution in [0.15, 0.2) is 146 Å². The number of H-pyrrole nitrogens is 1. The number of aliphatic hydroxyl groups excluding tert-OH is 3. The molecule has 0 radical (unpaired) electrons. The number of fused-ring (bicyclic) bond motifs is 1. The van der Waals surface area contributed by atoms with Gasteiger partial charge in [0.1, 0.15) is 60.4 Å². The first-order chi connectivity index (χ1) is 50.3. The predicted octanol–water partition coefficient (Wildman–Crippen LogP) is -0.283. The molecule has 1 aliphatic rings. The number of hydrogen-bond acceptors (Lipinski definition) is 19. The Morgan fingerprint density at radius 3 is 1.29 bits per heavy atom. The summed E-state index contributed by atoms with van der Waals surface area (Å²) in [4.78, 5) is 163. The molecule has 1 aromatic heterocycles. The second-order valence-electron chi connectivity index (χ2n) is 26.1. The molecule has 1 fully saturated rings. The van der Waals surface area contributed by atoms with Crippen LogP contribution >= 0.6 is 21.6 Å². The number of unbranched alkanes of at least 4 members (excludes halogenated alkanes) is 1. The monoisotopic (exact) mass is 1480 g/mol. The van der Waals surface area contributed by atoms with E-state index in [1.165, 1.54) is 6.92 Å². The first-order valence-corrected chi connectivity index (χ1v) is 37.2. The molecule has 7 rings (SSSR count). The van der Waals surface area contributed by atoms with Gasteiger partial charge < -0.3 is 95.4 Å². The fraction of sp³-hybridized carbons (Fsp3) is 0.419. The number of carbonyl (C=O) groups excluding carboxylic acids is 10. The van der Waals surface area contributed by atoms with Gasteiger partial charge in [0, 0.05) is 73.3 Å². The van der Waals surface area contributed by atoms with Crippen LogP contribution in [-0.4, -0.2) is 200 Å². The largest absolute Gasteiger partial charge is 0.480 e. The Labute approximate surface area is 616 Å². The number of benzene rings is 5. The van der Waals surface area contributed by atoms with E-state index >= 15 is 19.2 Å². The number of carboxylic acid groups (broad SMARTS) is 1. The Balaban J connectivity index is 1.31. The lowest BCUT2D eigenvalue weighted by Gasteiger charge is -2.29. The highest BCUT2D eigenvalue weighted by Gasteiger charge is 2.39. The molecule has 5 aromatic carbocycles. The van der Waals surface area contributed by atoms with Gasteiger partial charge in [-0.25, -0.2) is 4.79 Å². The molecule has 0 bridgehead atoms. The van der Waals surface area contributed by atoms with E-state index in [9.17, 15) is 54.0 Å². The van der Waals surface area contributed by atoms with E-state index in [4.69, 9.17) is 11.5 Å². The van der Waals surface area contributed by atoms with E-state index < -0.39 is 150 Å². The summed E-state index contributed by atoms with van der Waals surface area (Å²) >= 11 is 0. The summed E-state index contributed by atoms with van der Waals surface area (Å²) < 4.78 is 0. The van der Waals surface area contributed by atoms with Crippen molar-refractivity contribution in [3.05, 3.63) is 179 Å². The molecular weight excluding hydrogens is 1390 g/mol. The van der Waals surface area contributed by atoms with Crippen LogP contribution in [0.3, 0.4) is 0 Å². The van der Waals surface area contributed by atoms with E-state index in [0.29, 0.717) is 58.1 Å². The van der Waals surface area contributed by atoms with E-state index in [-0.39, 0.29) is 62.6 Å². The zero-order chi connectivity index (χ0) is 76.1. The van der Waals surface area contributed by atoms with Gasteiger partial charge in [-0.2, -0.15) is 0 Å². The molecule has 29 nitrogen and oxygen atoms in total. The molecule has 1 aliphatic heterocycles. The Bertz CT molecular complexity index is 3880. The lowest BCUT2D eigenvalue weighted by molar-refractivity contribution is -0.142. The van der Waals surface area contributed by atoms with Crippen LogP contribution in [0.25, 0.3) is 10.9 Å². The van der Waals surface area contributed by atoms with Crippen LogP contribution in [0.2, 0.25) is 0 Å². The van der Waals surface area contributed by atoms with Crippen molar-refractivity contribution in [3.63, 3.8) is 0 Å². The molecule has 10 amide bonds. The molecule has 2 heterocycles. The molecular formula is C74H96N14O15S2. The topological polar surface area (TPSA) is 469 Å². The van der Waals surface area contributed by atoms with E-state index in [0.717, 1.165) is 34.1 Å². The van der Waals surface area contributed by atoms with Crippen LogP contribution in [0.5, 0.6) is 0 Å². The summed E-state index contributed by atoms with van der Waals surface area (Å²) in [7, 11) is 1.84. The number of aliphatic hydroxyl groups is 3. The van der Waals surface area contributed by atoms with Crippen molar-refractivity contribution in [2.45, 2.75) is 170 Å². The lowest BCUT2D eigenvalue weighted by atomic mass is 9.99. The smallest absolute Gasteiger partial charge is 0.327 e. The number of rotatable bonds is 21. The molecule has 13 atom stereocenters. The van der Waals surface area contributed by atoms with Gasteiger partial charge in [-0.15, -0.1) is 0 Å². The minimum absolute atomic E-state index is 0.0300. The molecule has 31 heteroatoms. The fourth-order valence-corrected chi connectivity index (χ4v) is 13.7. The van der Waals surface area contributed by atoms with Gasteiger partial charge >= 0.3 is 5.97 Å². The first kappa shape index (κ1) is 82.6. The molecule has 5 unspecified atom stereocenters. The number of carboxylic acids is 1. The summed E-state index contributed by atoms with van der Waals surface area (Å²) in [5, 5.41) is 73.1. The number of nitrogens with two attached hydrogens (primary N) is 2. The zero-order valence-electron chi connectivity index (χ0n) is 58.9. The molecule has 6 aromatic rings. The van der Waals surface area contributed by atoms with Crippen molar-refractivity contribution in [1.82, 2.24) is 63.5 Å². The van der Waals surface area contributed by atoms with Gasteiger partial charge in [-0.3, -0.25) is 47.9 Å². The highest BCUT2D eigenvalue weighted by molar-refractivity contribution is 8.76. The third-order valence-corrected chi connectivity index (χ3v) is 19.8. The number of aromatic nitrogens is 1. The number of nitrogens with one attached hydrogen (secondary N) is 12. The second-order valence-corrected chi connectivity index (χ2v) is 28.7. The normalized spacial score (nSPS) is 23.8. The summed E-state index contributed by atoms with van der Waals surface area (Å²) in [6.45, 7) is 5.92.